The number of methoxy groups -OCH3 is 2. The van der Waals surface area contributed by atoms with Crippen LogP contribution in [0.3, 0.4) is 0 Å². The van der Waals surface area contributed by atoms with Crippen LogP contribution in [0.25, 0.3) is 0 Å². The Labute approximate surface area is 128 Å². The van der Waals surface area contributed by atoms with Gasteiger partial charge in [0, 0.05) is 0 Å². The molecule has 0 saturated heterocycles. The zero-order valence-electron chi connectivity index (χ0n) is 11.8. The van der Waals surface area contributed by atoms with Crippen molar-refractivity contribution in [3.63, 3.8) is 0 Å². The summed E-state index contributed by atoms with van der Waals surface area (Å²) < 4.78 is 16.0. The first kappa shape index (κ1) is 15.2. The van der Waals surface area contributed by atoms with E-state index in [-0.39, 0.29) is 0 Å². The molecule has 0 fully saturated rings. The van der Waals surface area contributed by atoms with Crippen LogP contribution in [0, 0.1) is 0 Å². The fourth-order valence-corrected chi connectivity index (χ4v) is 2.07. The van der Waals surface area contributed by atoms with Gasteiger partial charge in [0.05, 0.1) is 24.8 Å². The molecule has 2 aromatic carbocycles. The second-order valence-electron chi connectivity index (χ2n) is 4.25. The summed E-state index contributed by atoms with van der Waals surface area (Å²) in [4.78, 5) is 11.0. The van der Waals surface area contributed by atoms with Crippen LogP contribution < -0.4 is 14.2 Å². The van der Waals surface area contributed by atoms with Crippen molar-refractivity contribution < 1.29 is 19.0 Å². The molecule has 0 saturated carbocycles. The number of ether oxygens (including phenoxy) is 3. The summed E-state index contributed by atoms with van der Waals surface area (Å²) in [5.41, 5.74) is 1.34. The predicted octanol–water partition coefficient (Wildman–Crippen LogP) is 3.75. The van der Waals surface area contributed by atoms with Crippen LogP contribution in [0.15, 0.2) is 36.4 Å². The lowest BCUT2D eigenvalue weighted by Gasteiger charge is -2.14. The molecule has 0 N–H and O–H groups in total. The molecule has 0 amide bonds. The standard InChI is InChI=1S/C16H15ClO4/c1-19-13-6-3-11(4-7-13)10-21-16-14(17)8-5-12(9-18)15(16)20-2/h3-9H,10H2,1-2H3. The maximum Gasteiger partial charge on any atom is 0.180 e. The largest absolute Gasteiger partial charge is 0.497 e. The Bertz CT molecular complexity index is 623. The molecule has 110 valence electrons. The summed E-state index contributed by atoms with van der Waals surface area (Å²) in [6.45, 7) is 0.308. The van der Waals surface area contributed by atoms with Crippen LogP contribution in [-0.4, -0.2) is 20.5 Å². The zero-order chi connectivity index (χ0) is 15.2. The summed E-state index contributed by atoms with van der Waals surface area (Å²) in [6.07, 6.45) is 0.704. The fourth-order valence-electron chi connectivity index (χ4n) is 1.87. The summed E-state index contributed by atoms with van der Waals surface area (Å²) >= 11 is 6.11. The molecule has 0 bridgehead atoms. The van der Waals surface area contributed by atoms with Crippen molar-refractivity contribution in [1.29, 1.82) is 0 Å². The molecule has 0 aliphatic carbocycles. The van der Waals surface area contributed by atoms with Crippen LogP contribution in [-0.2, 0) is 6.61 Å². The number of hydrogen-bond acceptors (Lipinski definition) is 4. The lowest BCUT2D eigenvalue weighted by molar-refractivity contribution is 0.111. The van der Waals surface area contributed by atoms with Crippen LogP contribution in [0.5, 0.6) is 17.2 Å². The van der Waals surface area contributed by atoms with Gasteiger partial charge in [-0.1, -0.05) is 23.7 Å². The van der Waals surface area contributed by atoms with Crippen LogP contribution in [0.2, 0.25) is 5.02 Å². The Morgan fingerprint density at radius 1 is 1.00 bits per heavy atom. The quantitative estimate of drug-likeness (QED) is 0.762. The van der Waals surface area contributed by atoms with Crippen molar-refractivity contribution in [2.75, 3.05) is 14.2 Å². The third kappa shape index (κ3) is 3.47. The number of benzene rings is 2. The Kier molecular flexibility index (Phi) is 5.06. The van der Waals surface area contributed by atoms with E-state index >= 15 is 0 Å². The minimum absolute atomic E-state index is 0.308. The van der Waals surface area contributed by atoms with Gasteiger partial charge in [-0.25, -0.2) is 0 Å². The Morgan fingerprint density at radius 2 is 1.71 bits per heavy atom. The number of rotatable bonds is 6. The van der Waals surface area contributed by atoms with Gasteiger partial charge in [0.2, 0.25) is 0 Å². The molecular weight excluding hydrogens is 292 g/mol. The molecule has 0 radical (unpaired) electrons. The molecule has 2 aromatic rings. The van der Waals surface area contributed by atoms with Gasteiger partial charge in [-0.3, -0.25) is 4.79 Å². The van der Waals surface area contributed by atoms with E-state index in [0.29, 0.717) is 35.0 Å². The Morgan fingerprint density at radius 3 is 2.29 bits per heavy atom. The van der Waals surface area contributed by atoms with Gasteiger partial charge in [0.25, 0.3) is 0 Å². The lowest BCUT2D eigenvalue weighted by atomic mass is 10.2. The monoisotopic (exact) mass is 306 g/mol. The molecule has 4 nitrogen and oxygen atoms in total. The molecule has 0 heterocycles. The number of halogens is 1. The predicted molar refractivity (Wildman–Crippen MR) is 80.7 cm³/mol. The van der Waals surface area contributed by atoms with Crippen molar-refractivity contribution in [2.45, 2.75) is 6.61 Å². The van der Waals surface area contributed by atoms with Crippen molar-refractivity contribution in [2.24, 2.45) is 0 Å². The normalized spacial score (nSPS) is 10.0. The first-order valence-electron chi connectivity index (χ1n) is 6.27. The van der Waals surface area contributed by atoms with E-state index in [1.807, 2.05) is 24.3 Å². The number of carbonyl (C=O) groups excluding carboxylic acids is 1. The molecule has 0 aliphatic heterocycles. The molecule has 0 spiro atoms. The van der Waals surface area contributed by atoms with E-state index in [4.69, 9.17) is 25.8 Å². The van der Waals surface area contributed by atoms with Crippen molar-refractivity contribution in [3.05, 3.63) is 52.5 Å². The summed E-state index contributed by atoms with van der Waals surface area (Å²) in [6, 6.07) is 10.7. The smallest absolute Gasteiger partial charge is 0.180 e. The van der Waals surface area contributed by atoms with E-state index < -0.39 is 0 Å². The highest BCUT2D eigenvalue weighted by Gasteiger charge is 2.14. The summed E-state index contributed by atoms with van der Waals surface area (Å²) in [5, 5.41) is 0.394. The number of hydrogen-bond donors (Lipinski definition) is 0. The van der Waals surface area contributed by atoms with E-state index in [2.05, 4.69) is 0 Å². The maximum atomic E-state index is 11.0. The average Bonchev–Trinajstić information content (AvgIpc) is 2.53. The van der Waals surface area contributed by atoms with E-state index in [9.17, 15) is 4.79 Å². The zero-order valence-corrected chi connectivity index (χ0v) is 12.5. The van der Waals surface area contributed by atoms with Crippen molar-refractivity contribution in [1.82, 2.24) is 0 Å². The topological polar surface area (TPSA) is 44.8 Å². The summed E-state index contributed by atoms with van der Waals surface area (Å²) in [5.74, 6) is 1.47. The molecule has 21 heavy (non-hydrogen) atoms. The molecule has 0 atom stereocenters. The Balaban J connectivity index is 2.20. The first-order valence-corrected chi connectivity index (χ1v) is 6.64. The van der Waals surface area contributed by atoms with E-state index in [1.54, 1.807) is 19.2 Å². The second kappa shape index (κ2) is 6.99. The highest BCUT2D eigenvalue weighted by Crippen LogP contribution is 2.37. The minimum Gasteiger partial charge on any atom is -0.497 e. The second-order valence-corrected chi connectivity index (χ2v) is 4.66. The Hall–Kier alpha value is -2.20. The number of aldehydes is 1. The lowest BCUT2D eigenvalue weighted by Crippen LogP contribution is -2.00. The van der Waals surface area contributed by atoms with Gasteiger partial charge < -0.3 is 14.2 Å². The van der Waals surface area contributed by atoms with Crippen molar-refractivity contribution >= 4 is 17.9 Å². The average molecular weight is 307 g/mol. The first-order chi connectivity index (χ1) is 10.2. The third-order valence-electron chi connectivity index (χ3n) is 2.97. The molecule has 2 rings (SSSR count). The minimum atomic E-state index is 0.308. The van der Waals surface area contributed by atoms with E-state index in [1.165, 1.54) is 7.11 Å². The SMILES string of the molecule is COc1ccc(COc2c(Cl)ccc(C=O)c2OC)cc1. The van der Waals surface area contributed by atoms with Gasteiger partial charge in [-0.2, -0.15) is 0 Å². The molecule has 0 aromatic heterocycles. The molecular formula is C16H15ClO4. The molecule has 0 unspecified atom stereocenters. The molecule has 5 heteroatoms. The van der Waals surface area contributed by atoms with Gasteiger partial charge >= 0.3 is 0 Å². The maximum absolute atomic E-state index is 11.0. The number of carbonyl (C=O) groups is 1. The van der Waals surface area contributed by atoms with Crippen LogP contribution in [0.1, 0.15) is 15.9 Å². The van der Waals surface area contributed by atoms with Crippen LogP contribution in [0.4, 0.5) is 0 Å². The third-order valence-corrected chi connectivity index (χ3v) is 3.27. The van der Waals surface area contributed by atoms with Gasteiger partial charge in [0.1, 0.15) is 12.4 Å². The van der Waals surface area contributed by atoms with E-state index in [0.717, 1.165) is 11.3 Å². The van der Waals surface area contributed by atoms with Crippen LogP contribution >= 0.6 is 11.6 Å². The molecule has 0 aliphatic rings. The van der Waals surface area contributed by atoms with Gasteiger partial charge in [0.15, 0.2) is 17.8 Å². The highest BCUT2D eigenvalue weighted by atomic mass is 35.5. The van der Waals surface area contributed by atoms with Crippen molar-refractivity contribution in [3.8, 4) is 17.2 Å². The highest BCUT2D eigenvalue weighted by molar-refractivity contribution is 6.32. The van der Waals surface area contributed by atoms with Gasteiger partial charge in [-0.05, 0) is 29.8 Å². The summed E-state index contributed by atoms with van der Waals surface area (Å²) in [7, 11) is 3.08. The fraction of sp³-hybridized carbons (Fsp3) is 0.188. The van der Waals surface area contributed by atoms with Gasteiger partial charge in [-0.15, -0.1) is 0 Å².